The zero-order valence-corrected chi connectivity index (χ0v) is 8.38. The number of fused-ring (bicyclic) bond motifs is 1. The quantitative estimate of drug-likeness (QED) is 0.646. The lowest BCUT2D eigenvalue weighted by molar-refractivity contribution is -0.480. The van der Waals surface area contributed by atoms with Gasteiger partial charge in [-0.1, -0.05) is 18.2 Å². The first-order valence-electron chi connectivity index (χ1n) is 3.85. The molecule has 0 unspecified atom stereocenters. The van der Waals surface area contributed by atoms with Crippen LogP contribution in [-0.4, -0.2) is 0 Å². The summed E-state index contributed by atoms with van der Waals surface area (Å²) in [5.41, 5.74) is 1.23. The Morgan fingerprint density at radius 2 is 1.92 bits per heavy atom. The average molecular weight is 223 g/mol. The standard InChI is InChI=1S/C10H9BrN/c1-8-10-5-3-2-4-9(10)6-7-12(8)11/h2-7H,1H3/q+1. The molecule has 0 bridgehead atoms. The molecule has 2 heteroatoms. The summed E-state index contributed by atoms with van der Waals surface area (Å²) in [6.07, 6.45) is 2.01. The van der Waals surface area contributed by atoms with Gasteiger partial charge in [-0.3, -0.25) is 0 Å². The molecule has 60 valence electrons. The fourth-order valence-corrected chi connectivity index (χ4v) is 1.65. The van der Waals surface area contributed by atoms with Crippen molar-refractivity contribution >= 4 is 26.9 Å². The fraction of sp³-hybridized carbons (Fsp3) is 0.100. The minimum atomic E-state index is 1.23. The summed E-state index contributed by atoms with van der Waals surface area (Å²) in [6.45, 7) is 2.09. The van der Waals surface area contributed by atoms with Crippen LogP contribution in [0.25, 0.3) is 10.8 Å². The summed E-state index contributed by atoms with van der Waals surface area (Å²) in [5.74, 6) is 0. The number of benzene rings is 1. The molecule has 1 aromatic heterocycles. The third kappa shape index (κ3) is 1.12. The van der Waals surface area contributed by atoms with Crippen molar-refractivity contribution in [3.63, 3.8) is 0 Å². The lowest BCUT2D eigenvalue weighted by Crippen LogP contribution is -2.22. The zero-order valence-electron chi connectivity index (χ0n) is 6.79. The first-order valence-corrected chi connectivity index (χ1v) is 4.56. The van der Waals surface area contributed by atoms with E-state index in [9.17, 15) is 0 Å². The number of hydrogen-bond donors (Lipinski definition) is 0. The van der Waals surface area contributed by atoms with Gasteiger partial charge >= 0.3 is 16.1 Å². The van der Waals surface area contributed by atoms with Crippen LogP contribution in [0.15, 0.2) is 36.5 Å². The van der Waals surface area contributed by atoms with Crippen molar-refractivity contribution in [3.8, 4) is 0 Å². The number of hydrogen-bond acceptors (Lipinski definition) is 0. The van der Waals surface area contributed by atoms with Crippen LogP contribution in [0.1, 0.15) is 5.69 Å². The number of rotatable bonds is 0. The van der Waals surface area contributed by atoms with Crippen LogP contribution >= 0.6 is 16.1 Å². The smallest absolute Gasteiger partial charge is 0.127 e. The zero-order chi connectivity index (χ0) is 8.55. The Bertz CT molecular complexity index is 423. The topological polar surface area (TPSA) is 3.88 Å². The normalized spacial score (nSPS) is 10.5. The molecule has 0 aliphatic carbocycles. The van der Waals surface area contributed by atoms with E-state index in [1.54, 1.807) is 0 Å². The molecule has 0 aliphatic rings. The van der Waals surface area contributed by atoms with Gasteiger partial charge in [-0.2, -0.15) is 0 Å². The van der Waals surface area contributed by atoms with E-state index in [4.69, 9.17) is 0 Å². The maximum absolute atomic E-state index is 3.43. The van der Waals surface area contributed by atoms with Gasteiger partial charge in [-0.05, 0) is 11.5 Å². The van der Waals surface area contributed by atoms with Crippen molar-refractivity contribution in [2.45, 2.75) is 6.92 Å². The molecule has 1 nitrogen and oxygen atoms in total. The van der Waals surface area contributed by atoms with Gasteiger partial charge < -0.3 is 0 Å². The van der Waals surface area contributed by atoms with E-state index < -0.39 is 0 Å². The average Bonchev–Trinajstić information content (AvgIpc) is 2.12. The molecule has 1 aromatic carbocycles. The SMILES string of the molecule is Cc1c2ccccc2cc[n+]1Br. The van der Waals surface area contributed by atoms with Crippen LogP contribution in [0.2, 0.25) is 0 Å². The minimum Gasteiger partial charge on any atom is -0.127 e. The second kappa shape index (κ2) is 2.87. The molecule has 0 N–H and O–H groups in total. The number of aromatic nitrogens is 1. The van der Waals surface area contributed by atoms with Crippen molar-refractivity contribution in [2.75, 3.05) is 0 Å². The molecule has 0 fully saturated rings. The number of aryl methyl sites for hydroxylation is 1. The van der Waals surface area contributed by atoms with E-state index in [-0.39, 0.29) is 0 Å². The fourth-order valence-electron chi connectivity index (χ4n) is 1.34. The van der Waals surface area contributed by atoms with Gasteiger partial charge in [0.1, 0.15) is 0 Å². The molecule has 0 aliphatic heterocycles. The molecule has 0 saturated carbocycles. The van der Waals surface area contributed by atoms with Gasteiger partial charge in [0.15, 0.2) is 11.9 Å². The van der Waals surface area contributed by atoms with Crippen LogP contribution in [0, 0.1) is 6.92 Å². The van der Waals surface area contributed by atoms with E-state index in [1.165, 1.54) is 16.5 Å². The van der Waals surface area contributed by atoms with Crippen molar-refractivity contribution < 1.29 is 3.59 Å². The lowest BCUT2D eigenvalue weighted by atomic mass is 10.1. The van der Waals surface area contributed by atoms with E-state index >= 15 is 0 Å². The molecule has 0 atom stereocenters. The number of pyridine rings is 1. The van der Waals surface area contributed by atoms with Gasteiger partial charge in [0.25, 0.3) is 0 Å². The van der Waals surface area contributed by atoms with E-state index in [1.807, 2.05) is 9.79 Å². The van der Waals surface area contributed by atoms with Gasteiger partial charge in [-0.25, -0.2) is 0 Å². The third-order valence-corrected chi connectivity index (χ3v) is 2.82. The van der Waals surface area contributed by atoms with Gasteiger partial charge in [-0.15, -0.1) is 3.59 Å². The second-order valence-electron chi connectivity index (χ2n) is 2.80. The molecular weight excluding hydrogens is 214 g/mol. The maximum Gasteiger partial charge on any atom is 0.331 e. The Kier molecular flexibility index (Phi) is 1.85. The summed E-state index contributed by atoms with van der Waals surface area (Å²) in [5, 5.41) is 2.57. The Morgan fingerprint density at radius 3 is 2.75 bits per heavy atom. The largest absolute Gasteiger partial charge is 0.331 e. The summed E-state index contributed by atoms with van der Waals surface area (Å²) in [6, 6.07) is 10.5. The summed E-state index contributed by atoms with van der Waals surface area (Å²) < 4.78 is 1.95. The first kappa shape index (κ1) is 7.74. The van der Waals surface area contributed by atoms with Gasteiger partial charge in [0, 0.05) is 18.4 Å². The van der Waals surface area contributed by atoms with Crippen molar-refractivity contribution in [1.82, 2.24) is 0 Å². The highest BCUT2D eigenvalue weighted by atomic mass is 79.9. The molecule has 12 heavy (non-hydrogen) atoms. The van der Waals surface area contributed by atoms with Crippen LogP contribution in [0.4, 0.5) is 0 Å². The van der Waals surface area contributed by atoms with E-state index in [2.05, 4.69) is 53.4 Å². The highest BCUT2D eigenvalue weighted by Gasteiger charge is 2.06. The second-order valence-corrected chi connectivity index (χ2v) is 3.56. The Balaban J connectivity index is 2.91. The number of halogens is 1. The van der Waals surface area contributed by atoms with Crippen molar-refractivity contribution in [3.05, 3.63) is 42.2 Å². The molecule has 0 saturated heterocycles. The minimum absolute atomic E-state index is 1.23. The van der Waals surface area contributed by atoms with E-state index in [0.29, 0.717) is 0 Å². The Hall–Kier alpha value is -0.890. The Morgan fingerprint density at radius 1 is 1.17 bits per heavy atom. The van der Waals surface area contributed by atoms with Crippen molar-refractivity contribution in [1.29, 1.82) is 0 Å². The predicted molar refractivity (Wildman–Crippen MR) is 53.2 cm³/mol. The first-order chi connectivity index (χ1) is 5.79. The van der Waals surface area contributed by atoms with Crippen LogP contribution in [-0.2, 0) is 0 Å². The third-order valence-electron chi connectivity index (χ3n) is 2.06. The summed E-state index contributed by atoms with van der Waals surface area (Å²) in [4.78, 5) is 0. The van der Waals surface area contributed by atoms with Crippen LogP contribution < -0.4 is 3.59 Å². The Labute approximate surface area is 80.0 Å². The maximum atomic E-state index is 3.43. The molecule has 0 radical (unpaired) electrons. The molecule has 2 aromatic rings. The van der Waals surface area contributed by atoms with Gasteiger partial charge in [0.2, 0.25) is 0 Å². The van der Waals surface area contributed by atoms with Crippen molar-refractivity contribution in [2.24, 2.45) is 0 Å². The lowest BCUT2D eigenvalue weighted by Gasteiger charge is -1.96. The molecule has 1 heterocycles. The number of nitrogens with zero attached hydrogens (tertiary/aromatic N) is 1. The molecule has 0 amide bonds. The molecule has 0 spiro atoms. The highest BCUT2D eigenvalue weighted by Crippen LogP contribution is 2.14. The van der Waals surface area contributed by atoms with Crippen LogP contribution in [0.3, 0.4) is 0 Å². The summed E-state index contributed by atoms with van der Waals surface area (Å²) >= 11 is 3.43. The molecule has 2 rings (SSSR count). The van der Waals surface area contributed by atoms with E-state index in [0.717, 1.165) is 0 Å². The van der Waals surface area contributed by atoms with Crippen LogP contribution in [0.5, 0.6) is 0 Å². The summed E-state index contributed by atoms with van der Waals surface area (Å²) in [7, 11) is 0. The highest BCUT2D eigenvalue weighted by molar-refractivity contribution is 9.04. The molecular formula is C10H9BrN+. The predicted octanol–water partition coefficient (Wildman–Crippen LogP) is 2.59. The monoisotopic (exact) mass is 222 g/mol. The van der Waals surface area contributed by atoms with Gasteiger partial charge in [0.05, 0.1) is 0 Å².